The average molecular weight is 414 g/mol. The fourth-order valence-electron chi connectivity index (χ4n) is 6.50. The van der Waals surface area contributed by atoms with Crippen LogP contribution in [0.1, 0.15) is 66.4 Å². The fraction of sp³-hybridized carbons (Fsp3) is 0.700. The number of aryl methyl sites for hydroxylation is 1. The van der Waals surface area contributed by atoms with Gasteiger partial charge < -0.3 is 9.84 Å². The van der Waals surface area contributed by atoms with Crippen molar-refractivity contribution in [2.45, 2.75) is 58.9 Å². The first-order valence-electron chi connectivity index (χ1n) is 10.6. The van der Waals surface area contributed by atoms with Crippen LogP contribution >= 0.6 is 0 Å². The number of carbonyl (C=O) groups is 1. The van der Waals surface area contributed by atoms with Crippen molar-refractivity contribution in [2.75, 3.05) is 6.54 Å². The summed E-state index contributed by atoms with van der Waals surface area (Å²) in [7, 11) is 0. The molecule has 160 valence electrons. The number of nitro groups is 1. The monoisotopic (exact) mass is 414 g/mol. The SMILES string of the molecule is Cc1nn(Cc2noc(C(=O)NCC34CC5CC(CC(C5)C3)C4)n2)c(C)c1[N+](=O)[O-]. The Labute approximate surface area is 173 Å². The van der Waals surface area contributed by atoms with Crippen LogP contribution in [0.25, 0.3) is 0 Å². The molecule has 2 heterocycles. The van der Waals surface area contributed by atoms with Crippen molar-refractivity contribution in [3.63, 3.8) is 0 Å². The predicted molar refractivity (Wildman–Crippen MR) is 105 cm³/mol. The maximum absolute atomic E-state index is 12.6. The standard InChI is InChI=1S/C20H26N6O4/c1-11-17(26(28)29)12(2)25(23-11)9-16-22-19(30-24-16)18(27)21-10-20-6-13-3-14(7-20)5-15(4-13)8-20/h13-15H,3-10H2,1-2H3,(H,21,27). The molecule has 4 aliphatic carbocycles. The van der Waals surface area contributed by atoms with E-state index in [-0.39, 0.29) is 35.3 Å². The van der Waals surface area contributed by atoms with Crippen molar-refractivity contribution >= 4 is 11.6 Å². The second-order valence-corrected chi connectivity index (χ2v) is 9.55. The Morgan fingerprint density at radius 1 is 1.23 bits per heavy atom. The van der Waals surface area contributed by atoms with Gasteiger partial charge in [0.1, 0.15) is 17.9 Å². The number of aromatic nitrogens is 4. The van der Waals surface area contributed by atoms with Gasteiger partial charge in [-0.25, -0.2) is 0 Å². The maximum atomic E-state index is 12.6. The van der Waals surface area contributed by atoms with Gasteiger partial charge in [-0.2, -0.15) is 10.1 Å². The molecule has 30 heavy (non-hydrogen) atoms. The van der Waals surface area contributed by atoms with E-state index in [4.69, 9.17) is 4.52 Å². The molecule has 0 radical (unpaired) electrons. The molecule has 0 saturated heterocycles. The van der Waals surface area contributed by atoms with E-state index in [0.717, 1.165) is 17.8 Å². The third kappa shape index (κ3) is 3.27. The van der Waals surface area contributed by atoms with E-state index >= 15 is 0 Å². The maximum Gasteiger partial charge on any atom is 0.316 e. The number of hydrogen-bond acceptors (Lipinski definition) is 7. The smallest absolute Gasteiger partial charge is 0.316 e. The molecule has 1 N–H and O–H groups in total. The van der Waals surface area contributed by atoms with Crippen LogP contribution in [0.2, 0.25) is 0 Å². The number of nitrogens with one attached hydrogen (secondary N) is 1. The largest absolute Gasteiger partial charge is 0.347 e. The lowest BCUT2D eigenvalue weighted by Gasteiger charge is -2.56. The Morgan fingerprint density at radius 3 is 2.43 bits per heavy atom. The highest BCUT2D eigenvalue weighted by molar-refractivity contribution is 5.89. The minimum Gasteiger partial charge on any atom is -0.347 e. The Balaban J connectivity index is 1.23. The highest BCUT2D eigenvalue weighted by atomic mass is 16.6. The van der Waals surface area contributed by atoms with Crippen molar-refractivity contribution in [1.29, 1.82) is 0 Å². The van der Waals surface area contributed by atoms with Crippen molar-refractivity contribution in [3.8, 4) is 0 Å². The zero-order chi connectivity index (χ0) is 21.0. The molecular formula is C20H26N6O4. The van der Waals surface area contributed by atoms with Gasteiger partial charge in [0.05, 0.1) is 4.92 Å². The fourth-order valence-corrected chi connectivity index (χ4v) is 6.50. The molecule has 2 aromatic rings. The molecule has 0 aliphatic heterocycles. The van der Waals surface area contributed by atoms with Gasteiger partial charge in [-0.1, -0.05) is 5.16 Å². The van der Waals surface area contributed by atoms with Crippen molar-refractivity contribution < 1.29 is 14.2 Å². The summed E-state index contributed by atoms with van der Waals surface area (Å²) < 4.78 is 6.60. The molecule has 4 fully saturated rings. The summed E-state index contributed by atoms with van der Waals surface area (Å²) in [6.07, 6.45) is 7.74. The summed E-state index contributed by atoms with van der Waals surface area (Å²) in [5, 5.41) is 22.2. The molecule has 2 aromatic heterocycles. The number of carbonyl (C=O) groups excluding carboxylic acids is 1. The second-order valence-electron chi connectivity index (χ2n) is 9.55. The van der Waals surface area contributed by atoms with Gasteiger partial charge in [0.2, 0.25) is 0 Å². The molecule has 1 amide bonds. The molecule has 0 spiro atoms. The molecule has 0 unspecified atom stereocenters. The molecule has 10 nitrogen and oxygen atoms in total. The van der Waals surface area contributed by atoms with E-state index in [0.29, 0.717) is 17.9 Å². The summed E-state index contributed by atoms with van der Waals surface area (Å²) in [4.78, 5) is 27.5. The van der Waals surface area contributed by atoms with Crippen LogP contribution in [0.15, 0.2) is 4.52 Å². The van der Waals surface area contributed by atoms with Gasteiger partial charge in [0.25, 0.3) is 0 Å². The lowest BCUT2D eigenvalue weighted by atomic mass is 9.49. The van der Waals surface area contributed by atoms with E-state index in [2.05, 4.69) is 20.6 Å². The van der Waals surface area contributed by atoms with Gasteiger partial charge in [0.15, 0.2) is 5.82 Å². The molecule has 10 heteroatoms. The quantitative estimate of drug-likeness (QED) is 0.568. The minimum atomic E-state index is -0.451. The van der Waals surface area contributed by atoms with Crippen molar-refractivity contribution in [1.82, 2.24) is 25.2 Å². The lowest BCUT2D eigenvalue weighted by molar-refractivity contribution is -0.386. The Bertz CT molecular complexity index is 974. The van der Waals surface area contributed by atoms with Gasteiger partial charge >= 0.3 is 17.5 Å². The molecule has 0 aromatic carbocycles. The third-order valence-electron chi connectivity index (χ3n) is 7.27. The summed E-state index contributed by atoms with van der Waals surface area (Å²) in [5.41, 5.74) is 0.951. The zero-order valence-electron chi connectivity index (χ0n) is 17.3. The third-order valence-corrected chi connectivity index (χ3v) is 7.27. The van der Waals surface area contributed by atoms with Crippen LogP contribution in [0.4, 0.5) is 5.69 Å². The number of hydrogen-bond donors (Lipinski definition) is 1. The minimum absolute atomic E-state index is 0.0213. The van der Waals surface area contributed by atoms with E-state index < -0.39 is 4.92 Å². The normalized spacial score (nSPS) is 29.3. The van der Waals surface area contributed by atoms with Crippen LogP contribution < -0.4 is 5.32 Å². The first-order valence-corrected chi connectivity index (χ1v) is 10.6. The zero-order valence-corrected chi connectivity index (χ0v) is 17.3. The van der Waals surface area contributed by atoms with E-state index in [9.17, 15) is 14.9 Å². The second kappa shape index (κ2) is 6.88. The first kappa shape index (κ1) is 19.2. The van der Waals surface area contributed by atoms with E-state index in [1.807, 2.05) is 0 Å². The van der Waals surface area contributed by atoms with E-state index in [1.54, 1.807) is 13.8 Å². The van der Waals surface area contributed by atoms with Crippen LogP contribution in [-0.4, -0.2) is 37.3 Å². The van der Waals surface area contributed by atoms with Gasteiger partial charge in [-0.05, 0) is 75.5 Å². The van der Waals surface area contributed by atoms with Crippen LogP contribution in [0, 0.1) is 47.1 Å². The van der Waals surface area contributed by atoms with Crippen molar-refractivity contribution in [3.05, 3.63) is 33.2 Å². The van der Waals surface area contributed by atoms with Crippen LogP contribution in [0.5, 0.6) is 0 Å². The number of nitrogens with zero attached hydrogens (tertiary/aromatic N) is 5. The molecule has 4 saturated carbocycles. The Morgan fingerprint density at radius 2 is 1.87 bits per heavy atom. The highest BCUT2D eigenvalue weighted by Gasteiger charge is 2.50. The highest BCUT2D eigenvalue weighted by Crippen LogP contribution is 2.59. The van der Waals surface area contributed by atoms with Gasteiger partial charge in [-0.15, -0.1) is 0 Å². The lowest BCUT2D eigenvalue weighted by Crippen LogP contribution is -2.51. The van der Waals surface area contributed by atoms with Crippen molar-refractivity contribution in [2.24, 2.45) is 23.2 Å². The predicted octanol–water partition coefficient (Wildman–Crippen LogP) is 2.79. The molecule has 0 atom stereocenters. The summed E-state index contributed by atoms with van der Waals surface area (Å²) in [6.45, 7) is 3.97. The summed E-state index contributed by atoms with van der Waals surface area (Å²) >= 11 is 0. The molecular weight excluding hydrogens is 388 g/mol. The van der Waals surface area contributed by atoms with Crippen LogP contribution in [-0.2, 0) is 6.54 Å². The Kier molecular flexibility index (Phi) is 4.41. The van der Waals surface area contributed by atoms with Crippen LogP contribution in [0.3, 0.4) is 0 Å². The Hall–Kier alpha value is -2.78. The topological polar surface area (TPSA) is 129 Å². The number of amides is 1. The van der Waals surface area contributed by atoms with Gasteiger partial charge in [-0.3, -0.25) is 19.6 Å². The summed E-state index contributed by atoms with van der Waals surface area (Å²) in [6, 6.07) is 0. The number of rotatable bonds is 6. The average Bonchev–Trinajstić information content (AvgIpc) is 3.23. The first-order chi connectivity index (χ1) is 14.3. The van der Waals surface area contributed by atoms with Gasteiger partial charge in [0, 0.05) is 6.54 Å². The summed E-state index contributed by atoms with van der Waals surface area (Å²) in [5.74, 6) is 2.30. The van der Waals surface area contributed by atoms with E-state index in [1.165, 1.54) is 43.2 Å². The molecule has 4 bridgehead atoms. The molecule has 6 rings (SSSR count). The molecule has 4 aliphatic rings.